The number of rotatable bonds is 6. The highest BCUT2D eigenvalue weighted by molar-refractivity contribution is 7.86. The molecule has 1 N–H and O–H groups in total. The summed E-state index contributed by atoms with van der Waals surface area (Å²) in [5.41, 5.74) is 0. The van der Waals surface area contributed by atoms with E-state index in [1.54, 1.807) is 0 Å². The van der Waals surface area contributed by atoms with Crippen molar-refractivity contribution in [3.63, 3.8) is 0 Å². The fourth-order valence-corrected chi connectivity index (χ4v) is 3.42. The smallest absolute Gasteiger partial charge is 0.266 e. The van der Waals surface area contributed by atoms with Gasteiger partial charge in [0.05, 0.1) is 5.75 Å². The number of unbranched alkanes of at least 4 members (excludes halogenated alkanes) is 1. The van der Waals surface area contributed by atoms with E-state index >= 15 is 0 Å². The Bertz CT molecular complexity index is 260. The molecule has 0 aromatic heterocycles. The molecule has 0 aliphatic heterocycles. The van der Waals surface area contributed by atoms with Crippen molar-refractivity contribution < 1.29 is 17.8 Å². The van der Waals surface area contributed by atoms with Gasteiger partial charge in [-0.2, -0.15) is 8.42 Å². The largest absolute Gasteiger partial charge is 0.303 e. The Balaban J connectivity index is 4.01. The topological polar surface area (TPSA) is 71.4 Å². The molecule has 0 aliphatic carbocycles. The molecule has 2 atom stereocenters. The third-order valence-corrected chi connectivity index (χ3v) is 3.89. The summed E-state index contributed by atoms with van der Waals surface area (Å²) in [7, 11) is 0.766. The van der Waals surface area contributed by atoms with Gasteiger partial charge in [-0.25, -0.2) is 0 Å². The molecule has 0 amide bonds. The molecule has 0 saturated heterocycles. The Morgan fingerprint density at radius 2 is 1.92 bits per heavy atom. The zero-order chi connectivity index (χ0) is 10.5. The fourth-order valence-electron chi connectivity index (χ4n) is 0.926. The molecule has 13 heavy (non-hydrogen) atoms. The van der Waals surface area contributed by atoms with Crippen LogP contribution in [0.4, 0.5) is 0 Å². The van der Waals surface area contributed by atoms with Gasteiger partial charge in [0, 0.05) is 11.3 Å². The van der Waals surface area contributed by atoms with E-state index in [1.165, 1.54) is 0 Å². The lowest BCUT2D eigenvalue weighted by Crippen LogP contribution is -2.23. The van der Waals surface area contributed by atoms with E-state index < -0.39 is 15.0 Å². The zero-order valence-electron chi connectivity index (χ0n) is 7.14. The van der Waals surface area contributed by atoms with Gasteiger partial charge < -0.3 is 4.79 Å². The van der Waals surface area contributed by atoms with E-state index in [0.717, 1.165) is 6.29 Å². The van der Waals surface area contributed by atoms with Gasteiger partial charge >= 0.3 is 0 Å². The van der Waals surface area contributed by atoms with Crippen molar-refractivity contribution in [2.45, 2.75) is 24.2 Å². The standard InChI is InChI=1S/C6H14O4P2S/c7-4-2-1-3-6(11,12)5-13(8,9)10/h4H,1-3,5,11-12H2,(H,8,9,10). The predicted octanol–water partition coefficient (Wildman–Crippen LogP) is 0.690. The Labute approximate surface area is 83.0 Å². The average Bonchev–Trinajstić information content (AvgIpc) is 1.81. The molecule has 0 aliphatic rings. The highest BCUT2D eigenvalue weighted by Gasteiger charge is 2.24. The van der Waals surface area contributed by atoms with E-state index in [-0.39, 0.29) is 5.75 Å². The van der Waals surface area contributed by atoms with Crippen LogP contribution in [0.15, 0.2) is 0 Å². The minimum atomic E-state index is -3.95. The SMILES string of the molecule is O=CCCCC(P)(P)CS(=O)(=O)O. The second-order valence-corrected chi connectivity index (χ2v) is 7.44. The summed E-state index contributed by atoms with van der Waals surface area (Å²) >= 11 is 0. The summed E-state index contributed by atoms with van der Waals surface area (Å²) < 4.78 is 29.7. The van der Waals surface area contributed by atoms with Crippen LogP contribution in [-0.2, 0) is 14.9 Å². The Kier molecular flexibility index (Phi) is 5.53. The summed E-state index contributed by atoms with van der Waals surface area (Å²) in [5.74, 6) is -0.325. The average molecular weight is 244 g/mol. The molecule has 7 heteroatoms. The highest BCUT2D eigenvalue weighted by atomic mass is 32.2. The van der Waals surface area contributed by atoms with Gasteiger partial charge in [-0.05, 0) is 12.8 Å². The number of carbonyl (C=O) groups excluding carboxylic acids is 1. The van der Waals surface area contributed by atoms with Gasteiger partial charge in [0.25, 0.3) is 10.1 Å². The summed E-state index contributed by atoms with van der Waals surface area (Å²) in [4.78, 5) is 9.37. The van der Waals surface area contributed by atoms with Crippen LogP contribution >= 0.6 is 18.5 Å². The van der Waals surface area contributed by atoms with E-state index in [2.05, 4.69) is 18.5 Å². The normalized spacial score (nSPS) is 12.8. The van der Waals surface area contributed by atoms with Crippen molar-refractivity contribution in [2.75, 3.05) is 5.75 Å². The first-order valence-corrected chi connectivity index (χ1v) is 6.50. The summed E-state index contributed by atoms with van der Waals surface area (Å²) in [6, 6.07) is 0. The molecular weight excluding hydrogens is 230 g/mol. The molecule has 0 rings (SSSR count). The molecule has 4 nitrogen and oxygen atoms in total. The summed E-state index contributed by atoms with van der Waals surface area (Å²) in [6.45, 7) is 0. The number of hydrogen-bond acceptors (Lipinski definition) is 3. The molecule has 0 aromatic carbocycles. The first kappa shape index (κ1) is 13.4. The van der Waals surface area contributed by atoms with Crippen molar-refractivity contribution in [1.29, 1.82) is 0 Å². The minimum absolute atomic E-state index is 0.325. The van der Waals surface area contributed by atoms with E-state index in [4.69, 9.17) is 4.55 Å². The van der Waals surface area contributed by atoms with Crippen molar-refractivity contribution in [2.24, 2.45) is 0 Å². The molecule has 78 valence electrons. The first-order chi connectivity index (χ1) is 5.77. The quantitative estimate of drug-likeness (QED) is 0.323. The van der Waals surface area contributed by atoms with Crippen LogP contribution in [0.25, 0.3) is 0 Å². The van der Waals surface area contributed by atoms with E-state index in [0.29, 0.717) is 19.3 Å². The predicted molar refractivity (Wildman–Crippen MR) is 58.5 cm³/mol. The second kappa shape index (κ2) is 5.35. The van der Waals surface area contributed by atoms with Crippen molar-refractivity contribution >= 4 is 34.9 Å². The van der Waals surface area contributed by atoms with Crippen molar-refractivity contribution in [3.05, 3.63) is 0 Å². The van der Waals surface area contributed by atoms with Crippen LogP contribution in [0.2, 0.25) is 0 Å². The maximum Gasteiger partial charge on any atom is 0.266 e. The first-order valence-electron chi connectivity index (χ1n) is 3.73. The molecular formula is C6H14O4P2S. The maximum atomic E-state index is 10.5. The summed E-state index contributed by atoms with van der Waals surface area (Å²) in [5, 5.41) is 0. The van der Waals surface area contributed by atoms with E-state index in [9.17, 15) is 13.2 Å². The van der Waals surface area contributed by atoms with E-state index in [1.807, 2.05) is 0 Å². The van der Waals surface area contributed by atoms with Gasteiger partial charge in [-0.3, -0.25) is 4.55 Å². The lowest BCUT2D eigenvalue weighted by Gasteiger charge is -2.21. The summed E-state index contributed by atoms with van der Waals surface area (Å²) in [6.07, 6.45) is 2.36. The number of carbonyl (C=O) groups is 1. The second-order valence-electron chi connectivity index (χ2n) is 3.02. The van der Waals surface area contributed by atoms with Gasteiger partial charge in [-0.1, -0.05) is 0 Å². The number of hydrogen-bond donors (Lipinski definition) is 1. The van der Waals surface area contributed by atoms with Crippen molar-refractivity contribution in [3.8, 4) is 0 Å². The number of aldehydes is 1. The van der Waals surface area contributed by atoms with Gasteiger partial charge in [0.2, 0.25) is 0 Å². The van der Waals surface area contributed by atoms with Crippen LogP contribution in [0, 0.1) is 0 Å². The fraction of sp³-hybridized carbons (Fsp3) is 0.833. The molecule has 0 bridgehead atoms. The van der Waals surface area contributed by atoms with Gasteiger partial charge in [-0.15, -0.1) is 18.5 Å². The molecule has 0 radical (unpaired) electrons. The van der Waals surface area contributed by atoms with Crippen LogP contribution in [-0.4, -0.2) is 29.9 Å². The molecule has 0 spiro atoms. The van der Waals surface area contributed by atoms with Crippen LogP contribution in [0.1, 0.15) is 19.3 Å². The molecule has 2 unspecified atom stereocenters. The maximum absolute atomic E-state index is 10.5. The third-order valence-electron chi connectivity index (χ3n) is 1.42. The van der Waals surface area contributed by atoms with Gasteiger partial charge in [0.15, 0.2) is 0 Å². The monoisotopic (exact) mass is 244 g/mol. The zero-order valence-corrected chi connectivity index (χ0v) is 10.3. The van der Waals surface area contributed by atoms with Crippen LogP contribution in [0.3, 0.4) is 0 Å². The van der Waals surface area contributed by atoms with Crippen molar-refractivity contribution in [1.82, 2.24) is 0 Å². The molecule has 0 heterocycles. The minimum Gasteiger partial charge on any atom is -0.303 e. The molecule has 0 fully saturated rings. The lowest BCUT2D eigenvalue weighted by molar-refractivity contribution is -0.107. The Morgan fingerprint density at radius 3 is 2.31 bits per heavy atom. The lowest BCUT2D eigenvalue weighted by atomic mass is 10.2. The molecule has 0 aromatic rings. The van der Waals surface area contributed by atoms with Crippen LogP contribution in [0.5, 0.6) is 0 Å². The molecule has 0 saturated carbocycles. The Hall–Kier alpha value is 0.440. The Morgan fingerprint density at radius 1 is 1.38 bits per heavy atom. The van der Waals surface area contributed by atoms with Crippen LogP contribution < -0.4 is 0 Å². The third kappa shape index (κ3) is 8.76. The highest BCUT2D eigenvalue weighted by Crippen LogP contribution is 2.33. The van der Waals surface area contributed by atoms with Gasteiger partial charge in [0.1, 0.15) is 6.29 Å².